The lowest BCUT2D eigenvalue weighted by Gasteiger charge is -2.18. The summed E-state index contributed by atoms with van der Waals surface area (Å²) in [6.45, 7) is 1.93. The predicted molar refractivity (Wildman–Crippen MR) is 85.8 cm³/mol. The Morgan fingerprint density at radius 1 is 1.25 bits per heavy atom. The number of hydrogen-bond acceptors (Lipinski definition) is 1. The molecule has 0 fully saturated rings. The van der Waals surface area contributed by atoms with Crippen LogP contribution in [0.3, 0.4) is 0 Å². The van der Waals surface area contributed by atoms with Gasteiger partial charge in [0, 0.05) is 10.5 Å². The molecule has 1 unspecified atom stereocenters. The first-order valence-electron chi connectivity index (χ1n) is 6.38. The molecular weight excluding hydrogens is 341 g/mol. The van der Waals surface area contributed by atoms with E-state index in [2.05, 4.69) is 21.2 Å². The molecule has 0 aliphatic carbocycles. The van der Waals surface area contributed by atoms with Crippen LogP contribution in [0.4, 0.5) is 4.39 Å². The predicted octanol–water partition coefficient (Wildman–Crippen LogP) is 5.05. The zero-order chi connectivity index (χ0) is 14.7. The quantitative estimate of drug-likeness (QED) is 0.808. The molecule has 1 atom stereocenters. The van der Waals surface area contributed by atoms with Crippen LogP contribution in [-0.2, 0) is 6.42 Å². The molecule has 20 heavy (non-hydrogen) atoms. The van der Waals surface area contributed by atoms with E-state index in [0.29, 0.717) is 5.02 Å². The fraction of sp³-hybridized carbons (Fsp3) is 0.250. The number of benzene rings is 2. The van der Waals surface area contributed by atoms with Crippen LogP contribution in [-0.4, -0.2) is 7.05 Å². The van der Waals surface area contributed by atoms with E-state index in [9.17, 15) is 4.39 Å². The van der Waals surface area contributed by atoms with Gasteiger partial charge in [-0.15, -0.1) is 0 Å². The van der Waals surface area contributed by atoms with Crippen molar-refractivity contribution in [2.75, 3.05) is 7.05 Å². The summed E-state index contributed by atoms with van der Waals surface area (Å²) in [5, 5.41) is 3.99. The Labute approximate surface area is 132 Å². The molecule has 2 aromatic rings. The summed E-state index contributed by atoms with van der Waals surface area (Å²) >= 11 is 9.47. The van der Waals surface area contributed by atoms with Crippen molar-refractivity contribution in [3.63, 3.8) is 0 Å². The molecule has 0 aliphatic heterocycles. The van der Waals surface area contributed by atoms with Gasteiger partial charge in [0.25, 0.3) is 0 Å². The van der Waals surface area contributed by atoms with E-state index in [-0.39, 0.29) is 11.9 Å². The van der Waals surface area contributed by atoms with Crippen molar-refractivity contribution in [1.82, 2.24) is 5.32 Å². The zero-order valence-electron chi connectivity index (χ0n) is 11.4. The Morgan fingerprint density at radius 3 is 2.60 bits per heavy atom. The van der Waals surface area contributed by atoms with Gasteiger partial charge in [-0.3, -0.25) is 0 Å². The molecule has 1 N–H and O–H groups in total. The van der Waals surface area contributed by atoms with Gasteiger partial charge in [-0.05, 0) is 77.3 Å². The molecule has 0 heterocycles. The van der Waals surface area contributed by atoms with Crippen molar-refractivity contribution < 1.29 is 4.39 Å². The van der Waals surface area contributed by atoms with Crippen LogP contribution in [0.5, 0.6) is 0 Å². The second kappa shape index (κ2) is 6.70. The molecule has 2 rings (SSSR count). The minimum atomic E-state index is -0.193. The largest absolute Gasteiger partial charge is 0.313 e. The molecule has 0 saturated heterocycles. The highest BCUT2D eigenvalue weighted by Gasteiger charge is 2.13. The normalized spacial score (nSPS) is 12.4. The maximum absolute atomic E-state index is 13.2. The van der Waals surface area contributed by atoms with Crippen LogP contribution in [0.25, 0.3) is 0 Å². The first-order valence-corrected chi connectivity index (χ1v) is 7.55. The summed E-state index contributed by atoms with van der Waals surface area (Å²) in [6.07, 6.45) is 0.802. The van der Waals surface area contributed by atoms with Crippen LogP contribution >= 0.6 is 27.5 Å². The Morgan fingerprint density at radius 2 is 2.00 bits per heavy atom. The number of aryl methyl sites for hydroxylation is 1. The monoisotopic (exact) mass is 355 g/mol. The van der Waals surface area contributed by atoms with Gasteiger partial charge < -0.3 is 5.32 Å². The van der Waals surface area contributed by atoms with E-state index >= 15 is 0 Å². The van der Waals surface area contributed by atoms with Crippen molar-refractivity contribution in [2.45, 2.75) is 19.4 Å². The van der Waals surface area contributed by atoms with Crippen LogP contribution in [0, 0.1) is 12.7 Å². The Hall–Kier alpha value is -0.900. The fourth-order valence-electron chi connectivity index (χ4n) is 2.22. The number of nitrogens with one attached hydrogen (secondary N) is 1. The summed E-state index contributed by atoms with van der Waals surface area (Å²) in [5.74, 6) is -0.193. The van der Waals surface area contributed by atoms with Crippen LogP contribution in [0.15, 0.2) is 40.9 Å². The van der Waals surface area contributed by atoms with E-state index in [0.717, 1.165) is 27.6 Å². The van der Waals surface area contributed by atoms with Gasteiger partial charge in [0.1, 0.15) is 5.82 Å². The highest BCUT2D eigenvalue weighted by atomic mass is 79.9. The fourth-order valence-corrected chi connectivity index (χ4v) is 2.74. The van der Waals surface area contributed by atoms with Crippen molar-refractivity contribution in [2.24, 2.45) is 0 Å². The second-order valence-corrected chi connectivity index (χ2v) is 6.05. The molecule has 0 saturated carbocycles. The molecule has 0 bridgehead atoms. The van der Waals surface area contributed by atoms with Gasteiger partial charge in [-0.2, -0.15) is 0 Å². The van der Waals surface area contributed by atoms with Gasteiger partial charge >= 0.3 is 0 Å². The van der Waals surface area contributed by atoms with Gasteiger partial charge in [0.2, 0.25) is 0 Å². The molecule has 0 radical (unpaired) electrons. The lowest BCUT2D eigenvalue weighted by Crippen LogP contribution is -2.19. The topological polar surface area (TPSA) is 12.0 Å². The second-order valence-electron chi connectivity index (χ2n) is 4.79. The minimum absolute atomic E-state index is 0.160. The third kappa shape index (κ3) is 3.60. The number of halogens is 3. The summed E-state index contributed by atoms with van der Waals surface area (Å²) in [5.41, 5.74) is 3.25. The minimum Gasteiger partial charge on any atom is -0.313 e. The summed E-state index contributed by atoms with van der Waals surface area (Å²) in [4.78, 5) is 0. The Kier molecular flexibility index (Phi) is 5.19. The van der Waals surface area contributed by atoms with Crippen molar-refractivity contribution in [1.29, 1.82) is 0 Å². The van der Waals surface area contributed by atoms with E-state index in [1.165, 1.54) is 6.07 Å². The van der Waals surface area contributed by atoms with Gasteiger partial charge in [0.05, 0.1) is 5.02 Å². The van der Waals surface area contributed by atoms with E-state index < -0.39 is 0 Å². The third-order valence-corrected chi connectivity index (χ3v) is 4.64. The molecule has 0 spiro atoms. The number of hydrogen-bond donors (Lipinski definition) is 1. The van der Waals surface area contributed by atoms with E-state index in [1.807, 2.05) is 38.2 Å². The average molecular weight is 357 g/mol. The summed E-state index contributed by atoms with van der Waals surface area (Å²) < 4.78 is 14.0. The molecule has 0 aromatic heterocycles. The molecule has 106 valence electrons. The van der Waals surface area contributed by atoms with Crippen molar-refractivity contribution in [3.8, 4) is 0 Å². The lowest BCUT2D eigenvalue weighted by atomic mass is 9.96. The van der Waals surface area contributed by atoms with E-state index in [4.69, 9.17) is 11.6 Å². The maximum atomic E-state index is 13.2. The summed E-state index contributed by atoms with van der Waals surface area (Å²) in [7, 11) is 1.92. The number of rotatable bonds is 4. The first kappa shape index (κ1) is 15.5. The molecule has 2 aromatic carbocycles. The van der Waals surface area contributed by atoms with Crippen molar-refractivity contribution >= 4 is 27.5 Å². The molecular formula is C16H16BrClFN. The van der Waals surface area contributed by atoms with Crippen LogP contribution < -0.4 is 5.32 Å². The van der Waals surface area contributed by atoms with Gasteiger partial charge in [0.15, 0.2) is 0 Å². The lowest BCUT2D eigenvalue weighted by molar-refractivity contribution is 0.586. The SMILES string of the molecule is CNC(Cc1ccc(F)cc1C)c1ccc(Cl)c(Br)c1. The highest BCUT2D eigenvalue weighted by molar-refractivity contribution is 9.10. The first-order chi connectivity index (χ1) is 9.51. The molecule has 4 heteroatoms. The molecule has 0 aliphatic rings. The molecule has 1 nitrogen and oxygen atoms in total. The Balaban J connectivity index is 2.26. The van der Waals surface area contributed by atoms with Crippen LogP contribution in [0.1, 0.15) is 22.7 Å². The third-order valence-electron chi connectivity index (χ3n) is 3.42. The standard InChI is InChI=1S/C16H16BrClFN/c1-10-7-13(19)5-3-11(10)9-16(20-2)12-4-6-15(18)14(17)8-12/h3-8,16,20H,9H2,1-2H3. The zero-order valence-corrected chi connectivity index (χ0v) is 13.7. The smallest absolute Gasteiger partial charge is 0.123 e. The van der Waals surface area contributed by atoms with E-state index in [1.54, 1.807) is 6.07 Å². The Bertz CT molecular complexity index is 615. The maximum Gasteiger partial charge on any atom is 0.123 e. The summed E-state index contributed by atoms with van der Waals surface area (Å²) in [6, 6.07) is 11.0. The van der Waals surface area contributed by atoms with Crippen molar-refractivity contribution in [3.05, 3.63) is 68.4 Å². The highest BCUT2D eigenvalue weighted by Crippen LogP contribution is 2.28. The van der Waals surface area contributed by atoms with Crippen LogP contribution in [0.2, 0.25) is 5.02 Å². The average Bonchev–Trinajstić information content (AvgIpc) is 2.41. The molecule has 0 amide bonds. The van der Waals surface area contributed by atoms with Gasteiger partial charge in [-0.25, -0.2) is 4.39 Å². The number of likely N-dealkylation sites (N-methyl/N-ethyl adjacent to an activating group) is 1. The van der Waals surface area contributed by atoms with Gasteiger partial charge in [-0.1, -0.05) is 23.7 Å².